The Morgan fingerprint density at radius 3 is 2.31 bits per heavy atom. The fourth-order valence-corrected chi connectivity index (χ4v) is 1.11. The molecule has 0 saturated heterocycles. The van der Waals surface area contributed by atoms with Crippen molar-refractivity contribution in [2.75, 3.05) is 14.1 Å². The molecule has 0 fully saturated rings. The molecule has 2 heteroatoms. The molecule has 0 unspecified atom stereocenters. The minimum atomic E-state index is 1.05. The number of rotatable bonds is 5. The summed E-state index contributed by atoms with van der Waals surface area (Å²) >= 11 is 0. The van der Waals surface area contributed by atoms with Crippen LogP contribution in [0.2, 0.25) is 0 Å². The molecule has 0 saturated carbocycles. The number of hydrogen-bond acceptors (Lipinski definition) is 2. The minimum absolute atomic E-state index is 1.05. The predicted octanol–water partition coefficient (Wildman–Crippen LogP) is 3.06. The standard InChI is InChI=1S/C11H22N2/c1-6-11(12-13(4)5)9-7-8-10(2)3/h8H,6-7,9H2,1-5H3/b12-11+. The van der Waals surface area contributed by atoms with Crippen molar-refractivity contribution in [2.45, 2.75) is 40.0 Å². The van der Waals surface area contributed by atoms with Gasteiger partial charge in [-0.2, -0.15) is 5.10 Å². The first kappa shape index (κ1) is 12.2. The molecule has 0 aromatic heterocycles. The Morgan fingerprint density at radius 1 is 1.31 bits per heavy atom. The molecule has 0 aromatic rings. The van der Waals surface area contributed by atoms with Crippen LogP contribution in [0.1, 0.15) is 40.0 Å². The van der Waals surface area contributed by atoms with E-state index in [1.807, 2.05) is 19.1 Å². The van der Waals surface area contributed by atoms with Gasteiger partial charge in [0.25, 0.3) is 0 Å². The summed E-state index contributed by atoms with van der Waals surface area (Å²) in [5.41, 5.74) is 2.67. The fraction of sp³-hybridized carbons (Fsp3) is 0.727. The van der Waals surface area contributed by atoms with Gasteiger partial charge in [0.15, 0.2) is 0 Å². The van der Waals surface area contributed by atoms with Crippen LogP contribution in [0.25, 0.3) is 0 Å². The molecule has 0 bridgehead atoms. The van der Waals surface area contributed by atoms with E-state index < -0.39 is 0 Å². The molecule has 0 radical (unpaired) electrons. The minimum Gasteiger partial charge on any atom is -0.303 e. The van der Waals surface area contributed by atoms with E-state index in [1.54, 1.807) is 0 Å². The van der Waals surface area contributed by atoms with Gasteiger partial charge >= 0.3 is 0 Å². The van der Waals surface area contributed by atoms with Crippen LogP contribution in [-0.4, -0.2) is 24.8 Å². The van der Waals surface area contributed by atoms with Crippen molar-refractivity contribution < 1.29 is 0 Å². The normalized spacial score (nSPS) is 11.3. The Hall–Kier alpha value is -0.790. The highest BCUT2D eigenvalue weighted by atomic mass is 15.4. The Bertz CT molecular complexity index is 186. The first-order chi connectivity index (χ1) is 6.06. The molecule has 0 aromatic carbocycles. The summed E-state index contributed by atoms with van der Waals surface area (Å²) in [5, 5.41) is 6.29. The van der Waals surface area contributed by atoms with Crippen molar-refractivity contribution in [2.24, 2.45) is 5.10 Å². The highest BCUT2D eigenvalue weighted by Gasteiger charge is 1.95. The molecule has 0 aliphatic rings. The number of hydrazone groups is 1. The van der Waals surface area contributed by atoms with E-state index in [9.17, 15) is 0 Å². The zero-order valence-corrected chi connectivity index (χ0v) is 9.59. The van der Waals surface area contributed by atoms with Gasteiger partial charge in [-0.15, -0.1) is 0 Å². The summed E-state index contributed by atoms with van der Waals surface area (Å²) in [5.74, 6) is 0. The maximum Gasteiger partial charge on any atom is 0.0380 e. The van der Waals surface area contributed by atoms with Crippen LogP contribution in [-0.2, 0) is 0 Å². The van der Waals surface area contributed by atoms with Crippen molar-refractivity contribution in [3.8, 4) is 0 Å². The van der Waals surface area contributed by atoms with Crippen LogP contribution in [0.15, 0.2) is 16.8 Å². The average molecular weight is 182 g/mol. The van der Waals surface area contributed by atoms with Gasteiger partial charge in [-0.25, -0.2) is 0 Å². The van der Waals surface area contributed by atoms with E-state index in [1.165, 1.54) is 11.3 Å². The van der Waals surface area contributed by atoms with Gasteiger partial charge in [-0.3, -0.25) is 0 Å². The maximum absolute atomic E-state index is 4.41. The SMILES string of the molecule is CC/C(CCC=C(C)C)=N\N(C)C. The van der Waals surface area contributed by atoms with Gasteiger partial charge < -0.3 is 5.01 Å². The van der Waals surface area contributed by atoms with Gasteiger partial charge in [0, 0.05) is 19.8 Å². The molecule has 0 N–H and O–H groups in total. The summed E-state index contributed by atoms with van der Waals surface area (Å²) in [6, 6.07) is 0. The van der Waals surface area contributed by atoms with Gasteiger partial charge in [0.1, 0.15) is 0 Å². The zero-order chi connectivity index (χ0) is 10.3. The molecular formula is C11H22N2. The highest BCUT2D eigenvalue weighted by molar-refractivity contribution is 5.84. The molecule has 0 atom stereocenters. The van der Waals surface area contributed by atoms with E-state index in [4.69, 9.17) is 0 Å². The van der Waals surface area contributed by atoms with Crippen LogP contribution < -0.4 is 0 Å². The second kappa shape index (κ2) is 6.70. The van der Waals surface area contributed by atoms with E-state index in [-0.39, 0.29) is 0 Å². The molecule has 0 spiro atoms. The Labute approximate surface area is 82.3 Å². The summed E-state index contributed by atoms with van der Waals surface area (Å²) in [6.07, 6.45) is 5.51. The summed E-state index contributed by atoms with van der Waals surface area (Å²) in [7, 11) is 3.94. The highest BCUT2D eigenvalue weighted by Crippen LogP contribution is 2.02. The van der Waals surface area contributed by atoms with E-state index in [0.717, 1.165) is 19.3 Å². The van der Waals surface area contributed by atoms with E-state index >= 15 is 0 Å². The number of hydrogen-bond donors (Lipinski definition) is 0. The smallest absolute Gasteiger partial charge is 0.0380 e. The quantitative estimate of drug-likeness (QED) is 0.362. The van der Waals surface area contributed by atoms with Gasteiger partial charge in [0.2, 0.25) is 0 Å². The molecular weight excluding hydrogens is 160 g/mol. The Balaban J connectivity index is 3.93. The molecule has 0 heterocycles. The van der Waals surface area contributed by atoms with Crippen LogP contribution in [0.5, 0.6) is 0 Å². The number of allylic oxidation sites excluding steroid dienone is 2. The molecule has 0 amide bonds. The third-order valence-corrected chi connectivity index (χ3v) is 1.74. The average Bonchev–Trinajstić information content (AvgIpc) is 2.01. The largest absolute Gasteiger partial charge is 0.303 e. The van der Waals surface area contributed by atoms with Crippen molar-refractivity contribution >= 4 is 5.71 Å². The van der Waals surface area contributed by atoms with Gasteiger partial charge in [0.05, 0.1) is 0 Å². The second-order valence-corrected chi connectivity index (χ2v) is 3.69. The van der Waals surface area contributed by atoms with Crippen LogP contribution >= 0.6 is 0 Å². The van der Waals surface area contributed by atoms with Gasteiger partial charge in [-0.05, 0) is 33.1 Å². The lowest BCUT2D eigenvalue weighted by atomic mass is 10.1. The lowest BCUT2D eigenvalue weighted by molar-refractivity contribution is 0.434. The molecule has 0 aliphatic carbocycles. The van der Waals surface area contributed by atoms with Crippen LogP contribution in [0.4, 0.5) is 0 Å². The zero-order valence-electron chi connectivity index (χ0n) is 9.59. The lowest BCUT2D eigenvalue weighted by Gasteiger charge is -2.08. The maximum atomic E-state index is 4.41. The van der Waals surface area contributed by atoms with E-state index in [0.29, 0.717) is 0 Å². The topological polar surface area (TPSA) is 15.6 Å². The molecule has 76 valence electrons. The fourth-order valence-electron chi connectivity index (χ4n) is 1.11. The lowest BCUT2D eigenvalue weighted by Crippen LogP contribution is -2.08. The van der Waals surface area contributed by atoms with Crippen LogP contribution in [0, 0.1) is 0 Å². The summed E-state index contributed by atoms with van der Waals surface area (Å²) in [6.45, 7) is 6.42. The van der Waals surface area contributed by atoms with Crippen molar-refractivity contribution in [3.63, 3.8) is 0 Å². The Morgan fingerprint density at radius 2 is 1.92 bits per heavy atom. The van der Waals surface area contributed by atoms with Crippen molar-refractivity contribution in [3.05, 3.63) is 11.6 Å². The monoisotopic (exact) mass is 182 g/mol. The third kappa shape index (κ3) is 7.57. The van der Waals surface area contributed by atoms with Crippen molar-refractivity contribution in [1.82, 2.24) is 5.01 Å². The summed E-state index contributed by atoms with van der Waals surface area (Å²) in [4.78, 5) is 0. The first-order valence-electron chi connectivity index (χ1n) is 4.93. The molecule has 13 heavy (non-hydrogen) atoms. The molecule has 2 nitrogen and oxygen atoms in total. The molecule has 0 aliphatic heterocycles. The van der Waals surface area contributed by atoms with Gasteiger partial charge in [-0.1, -0.05) is 18.6 Å². The summed E-state index contributed by atoms with van der Waals surface area (Å²) < 4.78 is 0. The third-order valence-electron chi connectivity index (χ3n) is 1.74. The molecule has 0 rings (SSSR count). The number of nitrogens with zero attached hydrogens (tertiary/aromatic N) is 2. The predicted molar refractivity (Wildman–Crippen MR) is 60.1 cm³/mol. The van der Waals surface area contributed by atoms with Crippen LogP contribution in [0.3, 0.4) is 0 Å². The Kier molecular flexibility index (Phi) is 6.29. The first-order valence-corrected chi connectivity index (χ1v) is 4.93. The second-order valence-electron chi connectivity index (χ2n) is 3.69. The van der Waals surface area contributed by atoms with Crippen molar-refractivity contribution in [1.29, 1.82) is 0 Å². The van der Waals surface area contributed by atoms with E-state index in [2.05, 4.69) is 31.9 Å².